The second-order valence-corrected chi connectivity index (χ2v) is 4.30. The summed E-state index contributed by atoms with van der Waals surface area (Å²) in [7, 11) is 0. The molecule has 1 unspecified atom stereocenters. The van der Waals surface area contributed by atoms with Crippen LogP contribution in [0.15, 0.2) is 12.4 Å². The SMILES string of the molecule is NCC1CN(Cc2cnn(CCO)c2)CCO1. The zero-order valence-electron chi connectivity index (χ0n) is 9.96. The molecule has 0 aromatic carbocycles. The summed E-state index contributed by atoms with van der Waals surface area (Å²) in [4.78, 5) is 2.32. The molecule has 1 aromatic rings. The van der Waals surface area contributed by atoms with Crippen molar-refractivity contribution in [3.63, 3.8) is 0 Å². The van der Waals surface area contributed by atoms with Gasteiger partial charge in [0.25, 0.3) is 0 Å². The second-order valence-electron chi connectivity index (χ2n) is 4.30. The number of nitrogens with zero attached hydrogens (tertiary/aromatic N) is 3. The van der Waals surface area contributed by atoms with Crippen LogP contribution in [0, 0.1) is 0 Å². The van der Waals surface area contributed by atoms with E-state index in [1.807, 2.05) is 12.4 Å². The van der Waals surface area contributed by atoms with Crippen LogP contribution >= 0.6 is 0 Å². The number of ether oxygens (including phenoxy) is 1. The number of nitrogens with two attached hydrogens (primary N) is 1. The third kappa shape index (κ3) is 3.50. The van der Waals surface area contributed by atoms with Crippen LogP contribution in [0.5, 0.6) is 0 Å². The lowest BCUT2D eigenvalue weighted by Gasteiger charge is -2.31. The fourth-order valence-corrected chi connectivity index (χ4v) is 2.04. The molecule has 0 bridgehead atoms. The van der Waals surface area contributed by atoms with Crippen molar-refractivity contribution in [1.82, 2.24) is 14.7 Å². The minimum absolute atomic E-state index is 0.119. The van der Waals surface area contributed by atoms with Gasteiger partial charge < -0.3 is 15.6 Å². The van der Waals surface area contributed by atoms with Gasteiger partial charge in [0.2, 0.25) is 0 Å². The van der Waals surface area contributed by atoms with E-state index in [0.717, 1.165) is 31.8 Å². The van der Waals surface area contributed by atoms with Gasteiger partial charge in [-0.1, -0.05) is 0 Å². The molecule has 2 rings (SSSR count). The van der Waals surface area contributed by atoms with E-state index in [-0.39, 0.29) is 12.7 Å². The zero-order valence-corrected chi connectivity index (χ0v) is 9.96. The van der Waals surface area contributed by atoms with E-state index in [1.165, 1.54) is 0 Å². The Morgan fingerprint density at radius 3 is 3.24 bits per heavy atom. The van der Waals surface area contributed by atoms with E-state index in [2.05, 4.69) is 10.00 Å². The molecule has 1 aliphatic heterocycles. The highest BCUT2D eigenvalue weighted by Crippen LogP contribution is 2.09. The van der Waals surface area contributed by atoms with Gasteiger partial charge >= 0.3 is 0 Å². The van der Waals surface area contributed by atoms with Gasteiger partial charge in [-0.05, 0) is 0 Å². The maximum atomic E-state index is 8.82. The highest BCUT2D eigenvalue weighted by molar-refractivity contribution is 5.04. The summed E-state index contributed by atoms with van der Waals surface area (Å²) in [6.45, 7) is 4.66. The Bertz CT molecular complexity index is 342. The van der Waals surface area contributed by atoms with E-state index in [9.17, 15) is 0 Å². The average molecular weight is 240 g/mol. The Hall–Kier alpha value is -0.950. The average Bonchev–Trinajstić information content (AvgIpc) is 2.77. The van der Waals surface area contributed by atoms with Crippen molar-refractivity contribution in [3.8, 4) is 0 Å². The van der Waals surface area contributed by atoms with Crippen LogP contribution < -0.4 is 5.73 Å². The molecule has 6 heteroatoms. The first-order chi connectivity index (χ1) is 8.31. The first-order valence-electron chi connectivity index (χ1n) is 5.98. The van der Waals surface area contributed by atoms with Gasteiger partial charge in [-0.2, -0.15) is 5.10 Å². The Kier molecular flexibility index (Phi) is 4.49. The number of aromatic nitrogens is 2. The molecular weight excluding hydrogens is 220 g/mol. The number of hydrogen-bond acceptors (Lipinski definition) is 5. The molecule has 1 atom stereocenters. The van der Waals surface area contributed by atoms with Crippen LogP contribution in [0.1, 0.15) is 5.56 Å². The van der Waals surface area contributed by atoms with Crippen molar-refractivity contribution in [2.24, 2.45) is 5.73 Å². The lowest BCUT2D eigenvalue weighted by molar-refractivity contribution is -0.0260. The molecule has 1 aromatic heterocycles. The van der Waals surface area contributed by atoms with Crippen molar-refractivity contribution in [3.05, 3.63) is 18.0 Å². The van der Waals surface area contributed by atoms with Crippen molar-refractivity contribution < 1.29 is 9.84 Å². The van der Waals surface area contributed by atoms with Gasteiger partial charge in [-0.3, -0.25) is 9.58 Å². The minimum Gasteiger partial charge on any atom is -0.394 e. The molecule has 17 heavy (non-hydrogen) atoms. The topological polar surface area (TPSA) is 76.5 Å². The molecule has 0 amide bonds. The van der Waals surface area contributed by atoms with Gasteiger partial charge in [-0.15, -0.1) is 0 Å². The summed E-state index contributed by atoms with van der Waals surface area (Å²) in [5.41, 5.74) is 6.77. The number of morpholine rings is 1. The molecule has 0 radical (unpaired) electrons. The van der Waals surface area contributed by atoms with Crippen LogP contribution in [0.4, 0.5) is 0 Å². The van der Waals surface area contributed by atoms with Crippen LogP contribution in [-0.2, 0) is 17.8 Å². The summed E-state index contributed by atoms with van der Waals surface area (Å²) in [6.07, 6.45) is 3.97. The molecule has 3 N–H and O–H groups in total. The summed E-state index contributed by atoms with van der Waals surface area (Å²) in [6, 6.07) is 0. The first-order valence-corrected chi connectivity index (χ1v) is 5.98. The van der Waals surface area contributed by atoms with E-state index >= 15 is 0 Å². The standard InChI is InChI=1S/C11H20N4O2/c12-5-11-9-14(2-4-17-11)7-10-6-13-15(8-10)1-3-16/h6,8,11,16H,1-5,7,9,12H2. The molecule has 1 aliphatic rings. The highest BCUT2D eigenvalue weighted by Gasteiger charge is 2.19. The number of aliphatic hydroxyl groups is 1. The largest absolute Gasteiger partial charge is 0.394 e. The van der Waals surface area contributed by atoms with E-state index in [1.54, 1.807) is 4.68 Å². The van der Waals surface area contributed by atoms with Crippen molar-refractivity contribution in [1.29, 1.82) is 0 Å². The monoisotopic (exact) mass is 240 g/mol. The van der Waals surface area contributed by atoms with Gasteiger partial charge in [-0.25, -0.2) is 0 Å². The predicted molar refractivity (Wildman–Crippen MR) is 63.4 cm³/mol. The fourth-order valence-electron chi connectivity index (χ4n) is 2.04. The van der Waals surface area contributed by atoms with Gasteiger partial charge in [0, 0.05) is 37.9 Å². The Morgan fingerprint density at radius 2 is 2.47 bits per heavy atom. The van der Waals surface area contributed by atoms with E-state index in [4.69, 9.17) is 15.6 Å². The smallest absolute Gasteiger partial charge is 0.0824 e. The second kappa shape index (κ2) is 6.11. The van der Waals surface area contributed by atoms with Crippen LogP contribution in [0.2, 0.25) is 0 Å². The van der Waals surface area contributed by atoms with Crippen LogP contribution in [0.25, 0.3) is 0 Å². The molecule has 1 saturated heterocycles. The third-order valence-corrected chi connectivity index (χ3v) is 2.91. The summed E-state index contributed by atoms with van der Waals surface area (Å²) in [5.74, 6) is 0. The molecule has 1 fully saturated rings. The van der Waals surface area contributed by atoms with Gasteiger partial charge in [0.05, 0.1) is 32.1 Å². The minimum atomic E-state index is 0.119. The zero-order chi connectivity index (χ0) is 12.1. The maximum absolute atomic E-state index is 8.82. The molecule has 6 nitrogen and oxygen atoms in total. The van der Waals surface area contributed by atoms with Gasteiger partial charge in [0.1, 0.15) is 0 Å². The predicted octanol–water partition coefficient (Wildman–Crippen LogP) is -0.965. The summed E-state index contributed by atoms with van der Waals surface area (Å²) >= 11 is 0. The quantitative estimate of drug-likeness (QED) is 0.693. The Labute approximate surface area is 101 Å². The lowest BCUT2D eigenvalue weighted by Crippen LogP contribution is -2.45. The normalized spacial score (nSPS) is 21.9. The highest BCUT2D eigenvalue weighted by atomic mass is 16.5. The number of hydrogen-bond donors (Lipinski definition) is 2. The van der Waals surface area contributed by atoms with E-state index < -0.39 is 0 Å². The summed E-state index contributed by atoms with van der Waals surface area (Å²) in [5, 5.41) is 13.0. The molecule has 96 valence electrons. The van der Waals surface area contributed by atoms with Gasteiger partial charge in [0.15, 0.2) is 0 Å². The molecule has 0 aliphatic carbocycles. The summed E-state index contributed by atoms with van der Waals surface area (Å²) < 4.78 is 7.28. The fraction of sp³-hybridized carbons (Fsp3) is 0.727. The molecule has 0 spiro atoms. The molecular formula is C11H20N4O2. The van der Waals surface area contributed by atoms with Crippen molar-refractivity contribution >= 4 is 0 Å². The number of rotatable bonds is 5. The third-order valence-electron chi connectivity index (χ3n) is 2.91. The first kappa shape index (κ1) is 12.5. The molecule has 0 saturated carbocycles. The Morgan fingerprint density at radius 1 is 1.59 bits per heavy atom. The van der Waals surface area contributed by atoms with E-state index in [0.29, 0.717) is 13.1 Å². The number of aliphatic hydroxyl groups excluding tert-OH is 1. The van der Waals surface area contributed by atoms with Crippen LogP contribution in [-0.4, -0.2) is 58.7 Å². The van der Waals surface area contributed by atoms with Crippen molar-refractivity contribution in [2.45, 2.75) is 19.2 Å². The van der Waals surface area contributed by atoms with Crippen molar-refractivity contribution in [2.75, 3.05) is 32.8 Å². The van der Waals surface area contributed by atoms with Crippen LogP contribution in [0.3, 0.4) is 0 Å². The maximum Gasteiger partial charge on any atom is 0.0824 e. The lowest BCUT2D eigenvalue weighted by atomic mass is 10.2. The molecule has 2 heterocycles. The Balaban J connectivity index is 1.86.